The lowest BCUT2D eigenvalue weighted by atomic mass is 10.1. The van der Waals surface area contributed by atoms with E-state index in [0.717, 1.165) is 5.56 Å². The number of nitrogens with one attached hydrogen (secondary N) is 1. The number of benzene rings is 2. The van der Waals surface area contributed by atoms with Crippen molar-refractivity contribution in [2.45, 2.75) is 19.2 Å². The number of ether oxygens (including phenoxy) is 3. The van der Waals surface area contributed by atoms with Gasteiger partial charge in [-0.25, -0.2) is 0 Å². The molecule has 27 heavy (non-hydrogen) atoms. The Labute approximate surface area is 155 Å². The third-order valence-electron chi connectivity index (χ3n) is 3.71. The second kappa shape index (κ2) is 9.16. The molecule has 8 heteroatoms. The van der Waals surface area contributed by atoms with E-state index in [9.17, 15) is 18.0 Å². The smallest absolute Gasteiger partial charge is 0.493 e. The van der Waals surface area contributed by atoms with Crippen LogP contribution in [0.15, 0.2) is 42.5 Å². The molecule has 0 aliphatic rings. The van der Waals surface area contributed by atoms with Crippen molar-refractivity contribution in [3.63, 3.8) is 0 Å². The van der Waals surface area contributed by atoms with Crippen LogP contribution in [0.25, 0.3) is 0 Å². The zero-order valence-corrected chi connectivity index (χ0v) is 14.9. The van der Waals surface area contributed by atoms with Gasteiger partial charge in [0.25, 0.3) is 0 Å². The van der Waals surface area contributed by atoms with Crippen LogP contribution >= 0.6 is 0 Å². The van der Waals surface area contributed by atoms with Crippen LogP contribution in [0.5, 0.6) is 17.2 Å². The van der Waals surface area contributed by atoms with Crippen molar-refractivity contribution in [3.05, 3.63) is 53.6 Å². The molecule has 0 aliphatic heterocycles. The van der Waals surface area contributed by atoms with Gasteiger partial charge in [-0.05, 0) is 41.8 Å². The summed E-state index contributed by atoms with van der Waals surface area (Å²) in [5, 5.41) is 2.78. The van der Waals surface area contributed by atoms with E-state index in [1.165, 1.54) is 24.3 Å². The molecule has 2 rings (SSSR count). The molecule has 0 aliphatic carbocycles. The SMILES string of the molecule is COc1ccc(CCNC(=O)Cc2ccc(OC(F)(F)F)cc2)cc1OC. The average molecular weight is 383 g/mol. The zero-order valence-electron chi connectivity index (χ0n) is 14.9. The maximum atomic E-state index is 12.1. The fraction of sp³-hybridized carbons (Fsp3) is 0.316. The van der Waals surface area contributed by atoms with Crippen LogP contribution in [-0.4, -0.2) is 33.0 Å². The molecule has 1 N–H and O–H groups in total. The number of amides is 1. The molecule has 0 unspecified atom stereocenters. The van der Waals surface area contributed by atoms with Crippen LogP contribution in [0.4, 0.5) is 13.2 Å². The number of methoxy groups -OCH3 is 2. The Bertz CT molecular complexity index is 761. The summed E-state index contributed by atoms with van der Waals surface area (Å²) in [6, 6.07) is 10.7. The van der Waals surface area contributed by atoms with E-state index in [2.05, 4.69) is 10.1 Å². The van der Waals surface area contributed by atoms with Crippen LogP contribution in [0.3, 0.4) is 0 Å². The van der Waals surface area contributed by atoms with Crippen molar-refractivity contribution in [3.8, 4) is 17.2 Å². The van der Waals surface area contributed by atoms with Crippen molar-refractivity contribution in [2.75, 3.05) is 20.8 Å². The van der Waals surface area contributed by atoms with E-state index in [-0.39, 0.29) is 18.1 Å². The average Bonchev–Trinajstić information content (AvgIpc) is 2.62. The molecular weight excluding hydrogens is 363 g/mol. The Balaban J connectivity index is 1.81. The van der Waals surface area contributed by atoms with Gasteiger partial charge in [0.1, 0.15) is 5.75 Å². The minimum atomic E-state index is -4.73. The lowest BCUT2D eigenvalue weighted by Gasteiger charge is -2.11. The fourth-order valence-corrected chi connectivity index (χ4v) is 2.44. The normalized spacial score (nSPS) is 11.0. The second-order valence-electron chi connectivity index (χ2n) is 5.66. The van der Waals surface area contributed by atoms with E-state index in [0.29, 0.717) is 30.0 Å². The van der Waals surface area contributed by atoms with Gasteiger partial charge < -0.3 is 19.5 Å². The molecule has 2 aromatic carbocycles. The molecule has 0 spiro atoms. The Kier molecular flexibility index (Phi) is 6.92. The Morgan fingerprint density at radius 3 is 2.19 bits per heavy atom. The summed E-state index contributed by atoms with van der Waals surface area (Å²) >= 11 is 0. The quantitative estimate of drug-likeness (QED) is 0.758. The fourth-order valence-electron chi connectivity index (χ4n) is 2.44. The van der Waals surface area contributed by atoms with Gasteiger partial charge in [0, 0.05) is 6.54 Å². The molecule has 0 fully saturated rings. The summed E-state index contributed by atoms with van der Waals surface area (Å²) in [4.78, 5) is 12.0. The van der Waals surface area contributed by atoms with Crippen LogP contribution in [-0.2, 0) is 17.6 Å². The number of carbonyl (C=O) groups is 1. The summed E-state index contributed by atoms with van der Waals surface area (Å²) in [6.07, 6.45) is -4.06. The first-order chi connectivity index (χ1) is 12.8. The highest BCUT2D eigenvalue weighted by Crippen LogP contribution is 2.27. The summed E-state index contributed by atoms with van der Waals surface area (Å²) < 4.78 is 50.6. The molecule has 0 aromatic heterocycles. The lowest BCUT2D eigenvalue weighted by molar-refractivity contribution is -0.274. The van der Waals surface area contributed by atoms with Crippen molar-refractivity contribution < 1.29 is 32.2 Å². The second-order valence-corrected chi connectivity index (χ2v) is 5.66. The Morgan fingerprint density at radius 1 is 0.963 bits per heavy atom. The molecule has 1 amide bonds. The molecule has 2 aromatic rings. The Morgan fingerprint density at radius 2 is 1.59 bits per heavy atom. The van der Waals surface area contributed by atoms with Crippen molar-refractivity contribution in [1.29, 1.82) is 0 Å². The largest absolute Gasteiger partial charge is 0.573 e. The Hall–Kier alpha value is -2.90. The van der Waals surface area contributed by atoms with Gasteiger partial charge in [0.05, 0.1) is 20.6 Å². The number of rotatable bonds is 8. The maximum Gasteiger partial charge on any atom is 0.573 e. The van der Waals surface area contributed by atoms with Crippen molar-refractivity contribution in [1.82, 2.24) is 5.32 Å². The van der Waals surface area contributed by atoms with Gasteiger partial charge in [0.15, 0.2) is 11.5 Å². The van der Waals surface area contributed by atoms with Gasteiger partial charge in [-0.1, -0.05) is 18.2 Å². The lowest BCUT2D eigenvalue weighted by Crippen LogP contribution is -2.27. The van der Waals surface area contributed by atoms with Crippen LogP contribution < -0.4 is 19.5 Å². The van der Waals surface area contributed by atoms with E-state index in [1.807, 2.05) is 12.1 Å². The van der Waals surface area contributed by atoms with Crippen LogP contribution in [0.1, 0.15) is 11.1 Å². The summed E-state index contributed by atoms with van der Waals surface area (Å²) in [6.45, 7) is 0.420. The van der Waals surface area contributed by atoms with Crippen molar-refractivity contribution in [2.24, 2.45) is 0 Å². The predicted molar refractivity (Wildman–Crippen MR) is 93.1 cm³/mol. The molecule has 0 bridgehead atoms. The van der Waals surface area contributed by atoms with Gasteiger partial charge in [-0.2, -0.15) is 0 Å². The third kappa shape index (κ3) is 6.73. The zero-order chi connectivity index (χ0) is 19.9. The molecule has 0 saturated heterocycles. The highest BCUT2D eigenvalue weighted by Gasteiger charge is 2.30. The van der Waals surface area contributed by atoms with Gasteiger partial charge >= 0.3 is 6.36 Å². The highest BCUT2D eigenvalue weighted by molar-refractivity contribution is 5.78. The summed E-state index contributed by atoms with van der Waals surface area (Å²) in [7, 11) is 3.11. The summed E-state index contributed by atoms with van der Waals surface area (Å²) in [5.74, 6) is 0.700. The van der Waals surface area contributed by atoms with Crippen LogP contribution in [0, 0.1) is 0 Å². The van der Waals surface area contributed by atoms with E-state index >= 15 is 0 Å². The molecular formula is C19H20F3NO4. The van der Waals surface area contributed by atoms with E-state index < -0.39 is 6.36 Å². The highest BCUT2D eigenvalue weighted by atomic mass is 19.4. The standard InChI is InChI=1S/C19H20F3NO4/c1-25-16-8-5-14(11-17(16)26-2)9-10-23-18(24)12-13-3-6-15(7-4-13)27-19(20,21)22/h3-8,11H,9-10,12H2,1-2H3,(H,23,24). The van der Waals surface area contributed by atoms with Crippen LogP contribution in [0.2, 0.25) is 0 Å². The topological polar surface area (TPSA) is 56.8 Å². The number of halogens is 3. The van der Waals surface area contributed by atoms with Gasteiger partial charge in [0.2, 0.25) is 5.91 Å². The van der Waals surface area contributed by atoms with E-state index in [1.54, 1.807) is 20.3 Å². The molecule has 0 atom stereocenters. The maximum absolute atomic E-state index is 12.1. The monoisotopic (exact) mass is 383 g/mol. The first kappa shape index (κ1) is 20.4. The molecule has 146 valence electrons. The van der Waals surface area contributed by atoms with Crippen molar-refractivity contribution >= 4 is 5.91 Å². The minimum absolute atomic E-state index is 0.0677. The number of alkyl halides is 3. The molecule has 0 radical (unpaired) electrons. The van der Waals surface area contributed by atoms with Gasteiger partial charge in [-0.15, -0.1) is 13.2 Å². The molecule has 0 saturated carbocycles. The minimum Gasteiger partial charge on any atom is -0.493 e. The first-order valence-corrected chi connectivity index (χ1v) is 8.13. The summed E-state index contributed by atoms with van der Waals surface area (Å²) in [5.41, 5.74) is 1.56. The van der Waals surface area contributed by atoms with Gasteiger partial charge in [-0.3, -0.25) is 4.79 Å². The third-order valence-corrected chi connectivity index (χ3v) is 3.71. The number of hydrogen-bond acceptors (Lipinski definition) is 4. The molecule has 5 nitrogen and oxygen atoms in total. The number of hydrogen-bond donors (Lipinski definition) is 1. The molecule has 0 heterocycles. The first-order valence-electron chi connectivity index (χ1n) is 8.13. The predicted octanol–water partition coefficient (Wildman–Crippen LogP) is 3.50. The number of carbonyl (C=O) groups excluding carboxylic acids is 1. The van der Waals surface area contributed by atoms with E-state index in [4.69, 9.17) is 9.47 Å².